The summed E-state index contributed by atoms with van der Waals surface area (Å²) in [5, 5.41) is 11.7. The molecule has 130 valence electrons. The Labute approximate surface area is 144 Å². The molecule has 1 unspecified atom stereocenters. The molecule has 1 saturated heterocycles. The molecule has 2 aromatic rings. The van der Waals surface area contributed by atoms with Gasteiger partial charge >= 0.3 is 18.0 Å². The summed E-state index contributed by atoms with van der Waals surface area (Å²) in [7, 11) is 0. The Morgan fingerprint density at radius 2 is 2.04 bits per heavy atom. The van der Waals surface area contributed by atoms with E-state index < -0.39 is 11.9 Å². The minimum Gasteiger partial charge on any atom is -0.481 e. The molecule has 1 aliphatic heterocycles. The molecule has 0 bridgehead atoms. The van der Waals surface area contributed by atoms with Crippen LogP contribution in [-0.2, 0) is 4.79 Å². The van der Waals surface area contributed by atoms with Crippen molar-refractivity contribution in [3.63, 3.8) is 0 Å². The van der Waals surface area contributed by atoms with Crippen LogP contribution in [0.2, 0.25) is 0 Å². The van der Waals surface area contributed by atoms with Gasteiger partial charge in [0.2, 0.25) is 0 Å². The van der Waals surface area contributed by atoms with Crippen LogP contribution in [0.15, 0.2) is 36.5 Å². The third kappa shape index (κ3) is 4.23. The number of aliphatic carboxylic acids is 1. The summed E-state index contributed by atoms with van der Waals surface area (Å²) < 4.78 is 5.55. The van der Waals surface area contributed by atoms with Crippen molar-refractivity contribution >= 4 is 17.7 Å². The van der Waals surface area contributed by atoms with E-state index in [2.05, 4.69) is 15.3 Å². The van der Waals surface area contributed by atoms with E-state index in [1.54, 1.807) is 36.5 Å². The number of rotatable bonds is 4. The Balaban J connectivity index is 1.57. The van der Waals surface area contributed by atoms with Crippen LogP contribution in [0, 0.1) is 12.8 Å². The van der Waals surface area contributed by atoms with E-state index in [-0.39, 0.29) is 18.6 Å². The first-order chi connectivity index (χ1) is 12.0. The molecular weight excluding hydrogens is 324 g/mol. The Morgan fingerprint density at radius 1 is 1.28 bits per heavy atom. The first kappa shape index (κ1) is 16.7. The van der Waals surface area contributed by atoms with Crippen LogP contribution >= 0.6 is 0 Å². The van der Waals surface area contributed by atoms with E-state index in [0.29, 0.717) is 24.4 Å². The molecule has 1 fully saturated rings. The number of carboxylic acids is 1. The lowest BCUT2D eigenvalue weighted by molar-refractivity contribution is -0.141. The molecule has 1 aromatic carbocycles. The van der Waals surface area contributed by atoms with Gasteiger partial charge in [0.15, 0.2) is 0 Å². The molecular formula is C17H18N4O4. The zero-order valence-corrected chi connectivity index (χ0v) is 13.7. The normalized spacial score (nSPS) is 16.5. The second-order valence-corrected chi connectivity index (χ2v) is 5.81. The van der Waals surface area contributed by atoms with Crippen molar-refractivity contribution in [1.82, 2.24) is 14.9 Å². The number of ether oxygens (including phenoxy) is 1. The predicted molar refractivity (Wildman–Crippen MR) is 89.6 cm³/mol. The highest BCUT2D eigenvalue weighted by atomic mass is 16.5. The van der Waals surface area contributed by atoms with Crippen LogP contribution in [0.3, 0.4) is 0 Å². The third-order valence-electron chi connectivity index (χ3n) is 3.91. The van der Waals surface area contributed by atoms with E-state index in [4.69, 9.17) is 9.84 Å². The first-order valence-electron chi connectivity index (χ1n) is 7.87. The number of carbonyl (C=O) groups is 2. The quantitative estimate of drug-likeness (QED) is 0.884. The predicted octanol–water partition coefficient (Wildman–Crippen LogP) is 2.52. The summed E-state index contributed by atoms with van der Waals surface area (Å²) in [6.45, 7) is 2.52. The number of hydrogen-bond donors (Lipinski definition) is 2. The highest BCUT2D eigenvalue weighted by molar-refractivity contribution is 5.90. The van der Waals surface area contributed by atoms with Gasteiger partial charge in [0.25, 0.3) is 0 Å². The average Bonchev–Trinajstić information content (AvgIpc) is 3.07. The van der Waals surface area contributed by atoms with Crippen molar-refractivity contribution in [2.45, 2.75) is 13.3 Å². The van der Waals surface area contributed by atoms with Crippen molar-refractivity contribution in [3.05, 3.63) is 42.2 Å². The highest BCUT2D eigenvalue weighted by Gasteiger charge is 2.30. The van der Waals surface area contributed by atoms with Crippen molar-refractivity contribution in [2.75, 3.05) is 18.4 Å². The maximum Gasteiger partial charge on any atom is 0.322 e. The number of hydrogen-bond acceptors (Lipinski definition) is 5. The van der Waals surface area contributed by atoms with E-state index in [1.165, 1.54) is 4.90 Å². The molecule has 2 heterocycles. The number of carbonyl (C=O) groups excluding carboxylic acids is 1. The number of nitrogens with zero attached hydrogens (tertiary/aromatic N) is 3. The zero-order valence-electron chi connectivity index (χ0n) is 13.7. The zero-order chi connectivity index (χ0) is 17.8. The van der Waals surface area contributed by atoms with Crippen molar-refractivity contribution in [3.8, 4) is 11.8 Å². The maximum atomic E-state index is 12.2. The van der Waals surface area contributed by atoms with Gasteiger partial charge in [-0.2, -0.15) is 0 Å². The number of nitrogens with one attached hydrogen (secondary N) is 1. The number of benzene rings is 1. The monoisotopic (exact) mass is 342 g/mol. The molecule has 0 spiro atoms. The largest absolute Gasteiger partial charge is 0.481 e. The van der Waals surface area contributed by atoms with Gasteiger partial charge in [-0.05, 0) is 43.7 Å². The summed E-state index contributed by atoms with van der Waals surface area (Å²) in [4.78, 5) is 32.8. The molecule has 1 aromatic heterocycles. The fraction of sp³-hybridized carbons (Fsp3) is 0.294. The summed E-state index contributed by atoms with van der Waals surface area (Å²) in [5.41, 5.74) is 1.40. The van der Waals surface area contributed by atoms with Crippen LogP contribution in [0.25, 0.3) is 0 Å². The van der Waals surface area contributed by atoms with Crippen LogP contribution in [-0.4, -0.2) is 45.1 Å². The van der Waals surface area contributed by atoms with E-state index >= 15 is 0 Å². The Bertz CT molecular complexity index is 778. The van der Waals surface area contributed by atoms with Crippen LogP contribution < -0.4 is 10.1 Å². The van der Waals surface area contributed by atoms with Gasteiger partial charge in [0.05, 0.1) is 5.92 Å². The van der Waals surface area contributed by atoms with Gasteiger partial charge in [-0.25, -0.2) is 14.8 Å². The lowest BCUT2D eigenvalue weighted by atomic mass is 10.1. The molecule has 3 rings (SSSR count). The van der Waals surface area contributed by atoms with E-state index in [1.807, 2.05) is 6.92 Å². The number of urea groups is 1. The number of amides is 2. The fourth-order valence-corrected chi connectivity index (χ4v) is 2.54. The van der Waals surface area contributed by atoms with Crippen LogP contribution in [0.4, 0.5) is 10.5 Å². The number of carboxylic acid groups (broad SMARTS) is 1. The fourth-order valence-electron chi connectivity index (χ4n) is 2.54. The smallest absolute Gasteiger partial charge is 0.322 e. The number of aryl methyl sites for hydroxylation is 1. The molecule has 0 radical (unpaired) electrons. The summed E-state index contributed by atoms with van der Waals surface area (Å²) in [5.74, 6) is -0.804. The van der Waals surface area contributed by atoms with E-state index in [9.17, 15) is 9.59 Å². The van der Waals surface area contributed by atoms with Crippen LogP contribution in [0.5, 0.6) is 11.8 Å². The second-order valence-electron chi connectivity index (χ2n) is 5.81. The van der Waals surface area contributed by atoms with Crippen molar-refractivity contribution in [2.24, 2.45) is 5.92 Å². The maximum absolute atomic E-state index is 12.2. The minimum absolute atomic E-state index is 0.229. The summed E-state index contributed by atoms with van der Waals surface area (Å²) in [6.07, 6.45) is 2.10. The molecule has 2 N–H and O–H groups in total. The standard InChI is InChI=1S/C17H18N4O4/c1-11-6-8-18-16(19-11)25-14-4-2-13(3-5-14)20-17(24)21-9-7-12(10-21)15(22)23/h2-6,8,12H,7,9-10H2,1H3,(H,20,24)(H,22,23). The lowest BCUT2D eigenvalue weighted by Gasteiger charge is -2.16. The highest BCUT2D eigenvalue weighted by Crippen LogP contribution is 2.22. The average molecular weight is 342 g/mol. The topological polar surface area (TPSA) is 105 Å². The van der Waals surface area contributed by atoms with Gasteiger partial charge in [-0.15, -0.1) is 0 Å². The number of aromatic nitrogens is 2. The van der Waals surface area contributed by atoms with Crippen LogP contribution in [0.1, 0.15) is 12.1 Å². The molecule has 8 nitrogen and oxygen atoms in total. The Morgan fingerprint density at radius 3 is 2.68 bits per heavy atom. The molecule has 0 aliphatic carbocycles. The van der Waals surface area contributed by atoms with Gasteiger partial charge in [-0.3, -0.25) is 4.79 Å². The van der Waals surface area contributed by atoms with Gasteiger partial charge in [-0.1, -0.05) is 0 Å². The SMILES string of the molecule is Cc1ccnc(Oc2ccc(NC(=O)N3CCC(C(=O)O)C3)cc2)n1. The number of likely N-dealkylation sites (tertiary alicyclic amines) is 1. The third-order valence-corrected chi connectivity index (χ3v) is 3.91. The van der Waals surface area contributed by atoms with Gasteiger partial charge in [0.1, 0.15) is 5.75 Å². The molecule has 1 aliphatic rings. The first-order valence-corrected chi connectivity index (χ1v) is 7.87. The summed E-state index contributed by atoms with van der Waals surface area (Å²) in [6, 6.07) is 8.53. The van der Waals surface area contributed by atoms with Crippen molar-refractivity contribution < 1.29 is 19.4 Å². The second kappa shape index (κ2) is 7.16. The Hall–Kier alpha value is -3.16. The summed E-state index contributed by atoms with van der Waals surface area (Å²) >= 11 is 0. The van der Waals surface area contributed by atoms with Crippen molar-refractivity contribution in [1.29, 1.82) is 0 Å². The lowest BCUT2D eigenvalue weighted by Crippen LogP contribution is -2.33. The molecule has 8 heteroatoms. The van der Waals surface area contributed by atoms with Gasteiger partial charge < -0.3 is 20.1 Å². The number of anilines is 1. The Kier molecular flexibility index (Phi) is 4.78. The molecule has 25 heavy (non-hydrogen) atoms. The molecule has 2 amide bonds. The molecule has 0 saturated carbocycles. The van der Waals surface area contributed by atoms with E-state index in [0.717, 1.165) is 5.69 Å². The molecule has 1 atom stereocenters. The van der Waals surface area contributed by atoms with Gasteiger partial charge in [0, 0.05) is 30.7 Å². The minimum atomic E-state index is -0.866.